The van der Waals surface area contributed by atoms with Crippen LogP contribution in [0.1, 0.15) is 16.5 Å². The predicted molar refractivity (Wildman–Crippen MR) is 111 cm³/mol. The van der Waals surface area contributed by atoms with Crippen LogP contribution in [0.3, 0.4) is 0 Å². The van der Waals surface area contributed by atoms with Gasteiger partial charge in [0.15, 0.2) is 11.5 Å². The van der Waals surface area contributed by atoms with Gasteiger partial charge in [0, 0.05) is 23.3 Å². The van der Waals surface area contributed by atoms with Crippen LogP contribution in [0.25, 0.3) is 0 Å². The summed E-state index contributed by atoms with van der Waals surface area (Å²) in [5, 5.41) is -0.218. The van der Waals surface area contributed by atoms with Crippen LogP contribution >= 0.6 is 11.8 Å². The van der Waals surface area contributed by atoms with Crippen molar-refractivity contribution in [2.45, 2.75) is 11.9 Å². The highest BCUT2D eigenvalue weighted by atomic mass is 32.2. The molecule has 0 saturated carbocycles. The zero-order valence-electron chi connectivity index (χ0n) is 17.2. The second-order valence-corrected chi connectivity index (χ2v) is 7.38. The summed E-state index contributed by atoms with van der Waals surface area (Å²) in [7, 11) is 7.97. The Morgan fingerprint density at radius 1 is 0.862 bits per heavy atom. The van der Waals surface area contributed by atoms with Crippen LogP contribution in [0, 0.1) is 0 Å². The van der Waals surface area contributed by atoms with Crippen molar-refractivity contribution in [2.75, 3.05) is 41.3 Å². The van der Waals surface area contributed by atoms with Crippen molar-refractivity contribution in [2.24, 2.45) is 0 Å². The quantitative estimate of drug-likeness (QED) is 0.649. The van der Waals surface area contributed by atoms with E-state index in [0.717, 1.165) is 11.1 Å². The largest absolute Gasteiger partial charge is 0.497 e. The molecule has 1 atom stereocenters. The number of methoxy groups -OCH3 is 5. The molecule has 156 valence electrons. The Balaban J connectivity index is 1.98. The number of hydrogen-bond donors (Lipinski definition) is 0. The molecule has 7 nitrogen and oxygen atoms in total. The van der Waals surface area contributed by atoms with Crippen LogP contribution in [0.4, 0.5) is 0 Å². The maximum atomic E-state index is 12.7. The number of ether oxygens (including phenoxy) is 5. The molecule has 0 aliphatic carbocycles. The van der Waals surface area contributed by atoms with Gasteiger partial charge < -0.3 is 28.6 Å². The molecule has 0 aromatic heterocycles. The number of hydrogen-bond acceptors (Lipinski definition) is 7. The molecular formula is C21H25NO6S. The lowest BCUT2D eigenvalue weighted by Gasteiger charge is -2.27. The summed E-state index contributed by atoms with van der Waals surface area (Å²) >= 11 is 1.55. The van der Waals surface area contributed by atoms with Crippen molar-refractivity contribution in [3.63, 3.8) is 0 Å². The van der Waals surface area contributed by atoms with Gasteiger partial charge in [-0.15, -0.1) is 11.8 Å². The Kier molecular flexibility index (Phi) is 6.64. The van der Waals surface area contributed by atoms with Crippen molar-refractivity contribution in [3.05, 3.63) is 41.5 Å². The number of carbonyl (C=O) groups excluding carboxylic acids is 1. The minimum atomic E-state index is -0.218. The third-order valence-electron chi connectivity index (χ3n) is 4.80. The number of amides is 1. The summed E-state index contributed by atoms with van der Waals surface area (Å²) in [6, 6.07) is 9.24. The van der Waals surface area contributed by atoms with Crippen molar-refractivity contribution >= 4 is 17.7 Å². The summed E-state index contributed by atoms with van der Waals surface area (Å²) < 4.78 is 27.2. The van der Waals surface area contributed by atoms with Gasteiger partial charge >= 0.3 is 0 Å². The van der Waals surface area contributed by atoms with Crippen LogP contribution in [0.15, 0.2) is 30.3 Å². The first-order valence-corrected chi connectivity index (χ1v) is 10.0. The Morgan fingerprint density at radius 2 is 1.52 bits per heavy atom. The lowest BCUT2D eigenvalue weighted by Crippen LogP contribution is -2.28. The fourth-order valence-corrected chi connectivity index (χ4v) is 4.50. The van der Waals surface area contributed by atoms with Gasteiger partial charge in [-0.3, -0.25) is 4.79 Å². The van der Waals surface area contributed by atoms with Crippen molar-refractivity contribution in [3.8, 4) is 28.7 Å². The van der Waals surface area contributed by atoms with Gasteiger partial charge in [0.2, 0.25) is 5.91 Å². The van der Waals surface area contributed by atoms with Crippen molar-refractivity contribution < 1.29 is 28.5 Å². The normalized spacial score (nSPS) is 16.0. The van der Waals surface area contributed by atoms with Gasteiger partial charge in [-0.25, -0.2) is 0 Å². The van der Waals surface area contributed by atoms with E-state index in [-0.39, 0.29) is 11.3 Å². The topological polar surface area (TPSA) is 66.5 Å². The molecule has 3 rings (SSSR count). The van der Waals surface area contributed by atoms with Gasteiger partial charge in [-0.2, -0.15) is 0 Å². The highest BCUT2D eigenvalue weighted by Gasteiger charge is 2.36. The average molecular weight is 419 g/mol. The molecule has 0 N–H and O–H groups in total. The van der Waals surface area contributed by atoms with E-state index >= 15 is 0 Å². The van der Waals surface area contributed by atoms with Gasteiger partial charge in [-0.05, 0) is 18.2 Å². The second kappa shape index (κ2) is 9.17. The summed E-state index contributed by atoms with van der Waals surface area (Å²) in [6.45, 7) is 0.404. The SMILES string of the molecule is COc1ccc(CN2C(=O)CSC2c2cc(OC)c(OC)cc2OC)c(OC)c1. The van der Waals surface area contributed by atoms with Crippen LogP contribution in [0.5, 0.6) is 28.7 Å². The minimum Gasteiger partial charge on any atom is -0.497 e. The molecule has 0 radical (unpaired) electrons. The van der Waals surface area contributed by atoms with Gasteiger partial charge in [0.05, 0.1) is 47.8 Å². The summed E-state index contributed by atoms with van der Waals surface area (Å²) in [4.78, 5) is 14.5. The fourth-order valence-electron chi connectivity index (χ4n) is 3.29. The molecule has 0 bridgehead atoms. The highest BCUT2D eigenvalue weighted by molar-refractivity contribution is 8.00. The highest BCUT2D eigenvalue weighted by Crippen LogP contribution is 2.47. The Hall–Kier alpha value is -2.74. The molecule has 1 aliphatic heterocycles. The second-order valence-electron chi connectivity index (χ2n) is 6.31. The number of nitrogens with zero attached hydrogens (tertiary/aromatic N) is 1. The van der Waals surface area contributed by atoms with Crippen molar-refractivity contribution in [1.82, 2.24) is 4.90 Å². The van der Waals surface area contributed by atoms with E-state index < -0.39 is 0 Å². The zero-order valence-corrected chi connectivity index (χ0v) is 18.0. The number of benzene rings is 2. The first-order valence-electron chi connectivity index (χ1n) is 8.98. The van der Waals surface area contributed by atoms with Crippen LogP contribution in [-0.2, 0) is 11.3 Å². The first-order chi connectivity index (χ1) is 14.1. The standard InChI is InChI=1S/C21H25NO6S/c1-24-14-7-6-13(16(8-14)25-2)11-22-20(23)12-29-21(22)15-9-18(27-4)19(28-5)10-17(15)26-3/h6-10,21H,11-12H2,1-5H3. The number of rotatable bonds is 8. The van der Waals surface area contributed by atoms with Crippen LogP contribution in [-0.4, -0.2) is 52.1 Å². The van der Waals surface area contributed by atoms with Crippen molar-refractivity contribution in [1.29, 1.82) is 0 Å². The molecule has 1 aliphatic rings. The fraction of sp³-hybridized carbons (Fsp3) is 0.381. The van der Waals surface area contributed by atoms with E-state index in [2.05, 4.69) is 0 Å². The third kappa shape index (κ3) is 4.17. The molecule has 29 heavy (non-hydrogen) atoms. The zero-order chi connectivity index (χ0) is 21.0. The predicted octanol–water partition coefficient (Wildman–Crippen LogP) is 3.50. The lowest BCUT2D eigenvalue weighted by molar-refractivity contribution is -0.128. The molecule has 1 unspecified atom stereocenters. The van der Waals surface area contributed by atoms with E-state index in [1.54, 1.807) is 53.4 Å². The summed E-state index contributed by atoms with van der Waals surface area (Å²) in [5.41, 5.74) is 1.75. The smallest absolute Gasteiger partial charge is 0.234 e. The number of thioether (sulfide) groups is 1. The van der Waals surface area contributed by atoms with Gasteiger partial charge in [0.1, 0.15) is 22.6 Å². The van der Waals surface area contributed by atoms with Gasteiger partial charge in [0.25, 0.3) is 0 Å². The van der Waals surface area contributed by atoms with Crippen LogP contribution < -0.4 is 23.7 Å². The molecule has 2 aromatic rings. The maximum absolute atomic E-state index is 12.7. The van der Waals surface area contributed by atoms with Crippen LogP contribution in [0.2, 0.25) is 0 Å². The monoisotopic (exact) mass is 419 g/mol. The van der Waals surface area contributed by atoms with E-state index in [1.165, 1.54) is 0 Å². The molecule has 1 fully saturated rings. The molecule has 1 saturated heterocycles. The first kappa shape index (κ1) is 21.0. The third-order valence-corrected chi connectivity index (χ3v) is 6.04. The molecule has 0 spiro atoms. The Labute approximate surface area is 174 Å². The van der Waals surface area contributed by atoms with E-state index in [1.807, 2.05) is 29.2 Å². The Morgan fingerprint density at radius 3 is 2.14 bits per heavy atom. The molecule has 1 heterocycles. The number of carbonyl (C=O) groups is 1. The van der Waals surface area contributed by atoms with E-state index in [9.17, 15) is 4.79 Å². The maximum Gasteiger partial charge on any atom is 0.234 e. The molecule has 8 heteroatoms. The molecular weight excluding hydrogens is 394 g/mol. The van der Waals surface area contributed by atoms with E-state index in [0.29, 0.717) is 41.0 Å². The van der Waals surface area contributed by atoms with Gasteiger partial charge in [-0.1, -0.05) is 0 Å². The van der Waals surface area contributed by atoms with E-state index in [4.69, 9.17) is 23.7 Å². The average Bonchev–Trinajstić information content (AvgIpc) is 3.12. The molecule has 2 aromatic carbocycles. The minimum absolute atomic E-state index is 0.0507. The Bertz CT molecular complexity index is 888. The lowest BCUT2D eigenvalue weighted by atomic mass is 10.1. The summed E-state index contributed by atoms with van der Waals surface area (Å²) in [6.07, 6.45) is 0. The summed E-state index contributed by atoms with van der Waals surface area (Å²) in [5.74, 6) is 3.62. The molecule has 1 amide bonds.